The van der Waals surface area contributed by atoms with Gasteiger partial charge < -0.3 is 19.7 Å². The molecule has 1 aliphatic heterocycles. The number of anilines is 2. The molecule has 28 heavy (non-hydrogen) atoms. The van der Waals surface area contributed by atoms with E-state index in [1.807, 2.05) is 66.7 Å². The van der Waals surface area contributed by atoms with Gasteiger partial charge in [-0.05, 0) is 49.9 Å². The van der Waals surface area contributed by atoms with Gasteiger partial charge in [0.2, 0.25) is 0 Å². The molecule has 3 aromatic rings. The second kappa shape index (κ2) is 8.31. The number of hydrogen-bond donors (Lipinski definition) is 1. The minimum Gasteiger partial charge on any atom is -0.496 e. The lowest BCUT2D eigenvalue weighted by atomic mass is 10.1. The summed E-state index contributed by atoms with van der Waals surface area (Å²) in [4.78, 5) is 7.03. The number of likely N-dealkylation sites (tertiary alicyclic amines) is 1. The fourth-order valence-corrected chi connectivity index (χ4v) is 3.46. The number of methoxy groups -OCH3 is 1. The maximum atomic E-state index is 6.13. The average molecular weight is 375 g/mol. The maximum Gasteiger partial charge on any atom is 0.131 e. The maximum absolute atomic E-state index is 6.13. The van der Waals surface area contributed by atoms with Crippen molar-refractivity contribution >= 4 is 11.5 Å². The van der Waals surface area contributed by atoms with Gasteiger partial charge >= 0.3 is 0 Å². The van der Waals surface area contributed by atoms with Gasteiger partial charge in [0.1, 0.15) is 23.4 Å². The number of para-hydroxylation sites is 1. The van der Waals surface area contributed by atoms with Crippen LogP contribution in [-0.4, -0.2) is 43.2 Å². The van der Waals surface area contributed by atoms with Gasteiger partial charge in [0.05, 0.1) is 12.8 Å². The summed E-state index contributed by atoms with van der Waals surface area (Å²) in [5.74, 6) is 2.38. The van der Waals surface area contributed by atoms with E-state index in [0.717, 1.165) is 53.8 Å². The molecule has 1 aliphatic rings. The molecule has 0 bridgehead atoms. The summed E-state index contributed by atoms with van der Waals surface area (Å²) in [5.41, 5.74) is 2.80. The second-order valence-corrected chi connectivity index (χ2v) is 7.05. The topological polar surface area (TPSA) is 46.6 Å². The summed E-state index contributed by atoms with van der Waals surface area (Å²) in [6, 6.07) is 21.9. The lowest BCUT2D eigenvalue weighted by molar-refractivity contribution is 0.207. The predicted molar refractivity (Wildman–Crippen MR) is 112 cm³/mol. The highest BCUT2D eigenvalue weighted by atomic mass is 16.5. The third-order valence-corrected chi connectivity index (χ3v) is 4.90. The van der Waals surface area contributed by atoms with Crippen LogP contribution in [0.3, 0.4) is 0 Å². The molecule has 1 saturated heterocycles. The zero-order chi connectivity index (χ0) is 19.3. The van der Waals surface area contributed by atoms with Crippen molar-refractivity contribution in [3.8, 4) is 22.8 Å². The molecule has 1 atom stereocenters. The molecule has 1 aromatic heterocycles. The molecule has 0 radical (unpaired) electrons. The van der Waals surface area contributed by atoms with Crippen molar-refractivity contribution in [3.63, 3.8) is 0 Å². The summed E-state index contributed by atoms with van der Waals surface area (Å²) in [6.45, 7) is 2.03. The third-order valence-electron chi connectivity index (χ3n) is 4.90. The Morgan fingerprint density at radius 2 is 1.89 bits per heavy atom. The predicted octanol–water partition coefficient (Wildman–Crippen LogP) is 4.58. The van der Waals surface area contributed by atoms with Gasteiger partial charge in [0.25, 0.3) is 0 Å². The highest BCUT2D eigenvalue weighted by molar-refractivity contribution is 5.70. The summed E-state index contributed by atoms with van der Waals surface area (Å²) in [7, 11) is 3.80. The van der Waals surface area contributed by atoms with E-state index in [0.29, 0.717) is 0 Å². The highest BCUT2D eigenvalue weighted by Crippen LogP contribution is 2.34. The number of nitrogens with one attached hydrogen (secondary N) is 1. The number of pyridine rings is 1. The lowest BCUT2D eigenvalue weighted by Crippen LogP contribution is -2.21. The molecule has 2 aromatic carbocycles. The van der Waals surface area contributed by atoms with Gasteiger partial charge in [-0.15, -0.1) is 0 Å². The average Bonchev–Trinajstić information content (AvgIpc) is 3.13. The van der Waals surface area contributed by atoms with E-state index >= 15 is 0 Å². The van der Waals surface area contributed by atoms with Crippen LogP contribution in [0.15, 0.2) is 66.7 Å². The molecule has 5 heteroatoms. The van der Waals surface area contributed by atoms with E-state index < -0.39 is 0 Å². The first-order valence-corrected chi connectivity index (χ1v) is 9.54. The highest BCUT2D eigenvalue weighted by Gasteiger charge is 2.21. The summed E-state index contributed by atoms with van der Waals surface area (Å²) in [6.07, 6.45) is 1.28. The number of aromatic nitrogens is 1. The van der Waals surface area contributed by atoms with Gasteiger partial charge in [-0.3, -0.25) is 0 Å². The number of benzene rings is 2. The van der Waals surface area contributed by atoms with Crippen molar-refractivity contribution in [3.05, 3.63) is 66.7 Å². The normalized spacial score (nSPS) is 16.7. The molecule has 0 saturated carbocycles. The number of nitrogens with zero attached hydrogens (tertiary/aromatic N) is 2. The van der Waals surface area contributed by atoms with Crippen LogP contribution < -0.4 is 14.8 Å². The van der Waals surface area contributed by atoms with Crippen LogP contribution in [0, 0.1) is 0 Å². The van der Waals surface area contributed by atoms with Crippen LogP contribution >= 0.6 is 0 Å². The Bertz CT molecular complexity index is 930. The fourth-order valence-electron chi connectivity index (χ4n) is 3.46. The third kappa shape index (κ3) is 4.26. The van der Waals surface area contributed by atoms with Crippen molar-refractivity contribution in [2.75, 3.05) is 32.6 Å². The second-order valence-electron chi connectivity index (χ2n) is 7.05. The minimum absolute atomic E-state index is 0.233. The summed E-state index contributed by atoms with van der Waals surface area (Å²) >= 11 is 0. The Morgan fingerprint density at radius 3 is 2.64 bits per heavy atom. The first-order chi connectivity index (χ1) is 13.7. The van der Waals surface area contributed by atoms with E-state index in [-0.39, 0.29) is 6.10 Å². The molecule has 0 aliphatic carbocycles. The Morgan fingerprint density at radius 1 is 1.04 bits per heavy atom. The summed E-state index contributed by atoms with van der Waals surface area (Å²) in [5, 5.41) is 3.33. The first-order valence-electron chi connectivity index (χ1n) is 9.54. The first kappa shape index (κ1) is 18.3. The zero-order valence-corrected chi connectivity index (χ0v) is 16.3. The van der Waals surface area contributed by atoms with Crippen LogP contribution in [0.2, 0.25) is 0 Å². The van der Waals surface area contributed by atoms with Crippen LogP contribution in [0.1, 0.15) is 6.42 Å². The van der Waals surface area contributed by atoms with Crippen molar-refractivity contribution < 1.29 is 9.47 Å². The molecular formula is C23H25N3O2. The molecular weight excluding hydrogens is 350 g/mol. The monoisotopic (exact) mass is 375 g/mol. The zero-order valence-electron chi connectivity index (χ0n) is 16.3. The van der Waals surface area contributed by atoms with Crippen LogP contribution in [0.5, 0.6) is 11.5 Å². The van der Waals surface area contributed by atoms with Crippen LogP contribution in [0.4, 0.5) is 11.5 Å². The molecule has 0 amide bonds. The Balaban J connectivity index is 1.55. The molecule has 1 fully saturated rings. The van der Waals surface area contributed by atoms with Crippen LogP contribution in [-0.2, 0) is 0 Å². The Kier molecular flexibility index (Phi) is 5.44. The molecule has 2 heterocycles. The van der Waals surface area contributed by atoms with Gasteiger partial charge in [0, 0.05) is 30.4 Å². The van der Waals surface area contributed by atoms with E-state index in [2.05, 4.69) is 17.3 Å². The van der Waals surface area contributed by atoms with Gasteiger partial charge in [-0.25, -0.2) is 4.98 Å². The number of rotatable bonds is 6. The summed E-state index contributed by atoms with van der Waals surface area (Å²) < 4.78 is 11.8. The minimum atomic E-state index is 0.233. The smallest absolute Gasteiger partial charge is 0.131 e. The van der Waals surface area contributed by atoms with Crippen molar-refractivity contribution in [1.29, 1.82) is 0 Å². The van der Waals surface area contributed by atoms with E-state index in [4.69, 9.17) is 14.5 Å². The SMILES string of the molecule is COc1cc(OC2CCN(C)C2)ccc1-c1cccc(Nc2ccccc2)n1. The molecule has 1 unspecified atom stereocenters. The van der Waals surface area contributed by atoms with Gasteiger partial charge in [-0.2, -0.15) is 0 Å². The van der Waals surface area contributed by atoms with E-state index in [1.54, 1.807) is 7.11 Å². The Hall–Kier alpha value is -3.05. The lowest BCUT2D eigenvalue weighted by Gasteiger charge is -2.16. The molecule has 144 valence electrons. The van der Waals surface area contributed by atoms with Crippen molar-refractivity contribution in [1.82, 2.24) is 9.88 Å². The van der Waals surface area contributed by atoms with E-state index in [1.165, 1.54) is 0 Å². The number of hydrogen-bond acceptors (Lipinski definition) is 5. The quantitative estimate of drug-likeness (QED) is 0.683. The van der Waals surface area contributed by atoms with Crippen molar-refractivity contribution in [2.45, 2.75) is 12.5 Å². The number of ether oxygens (including phenoxy) is 2. The fraction of sp³-hybridized carbons (Fsp3) is 0.261. The van der Waals surface area contributed by atoms with E-state index in [9.17, 15) is 0 Å². The van der Waals surface area contributed by atoms with Gasteiger partial charge in [0.15, 0.2) is 0 Å². The molecule has 4 rings (SSSR count). The Labute approximate surface area is 165 Å². The van der Waals surface area contributed by atoms with Crippen LogP contribution in [0.25, 0.3) is 11.3 Å². The standard InChI is InChI=1S/C23H25N3O2/c1-26-14-13-19(16-26)28-18-11-12-20(22(15-18)27-2)21-9-6-10-23(25-21)24-17-7-4-3-5-8-17/h3-12,15,19H,13-14,16H2,1-2H3,(H,24,25). The van der Waals surface area contributed by atoms with Crippen molar-refractivity contribution in [2.24, 2.45) is 0 Å². The number of likely N-dealkylation sites (N-methyl/N-ethyl adjacent to an activating group) is 1. The largest absolute Gasteiger partial charge is 0.496 e. The molecule has 5 nitrogen and oxygen atoms in total. The van der Waals surface area contributed by atoms with Gasteiger partial charge in [-0.1, -0.05) is 24.3 Å². The molecule has 1 N–H and O–H groups in total. The molecule has 0 spiro atoms.